The Morgan fingerprint density at radius 1 is 1.30 bits per heavy atom. The van der Waals surface area contributed by atoms with E-state index in [-0.39, 0.29) is 24.4 Å². The van der Waals surface area contributed by atoms with Crippen LogP contribution in [0.5, 0.6) is 0 Å². The molecule has 0 saturated carbocycles. The van der Waals surface area contributed by atoms with Crippen LogP contribution < -0.4 is 5.32 Å². The molecule has 23 heavy (non-hydrogen) atoms. The van der Waals surface area contributed by atoms with E-state index in [9.17, 15) is 13.2 Å². The van der Waals surface area contributed by atoms with E-state index in [1.165, 1.54) is 22.7 Å². The number of nitrogens with zero attached hydrogens (tertiary/aromatic N) is 2. The summed E-state index contributed by atoms with van der Waals surface area (Å²) in [7, 11) is -0.440. The van der Waals surface area contributed by atoms with E-state index in [1.54, 1.807) is 0 Å². The minimum absolute atomic E-state index is 0.0833. The molecule has 1 aliphatic heterocycles. The van der Waals surface area contributed by atoms with E-state index >= 15 is 0 Å². The van der Waals surface area contributed by atoms with Crippen molar-refractivity contribution in [1.82, 2.24) is 13.9 Å². The number of rotatable bonds is 5. The minimum Gasteiger partial charge on any atom is -0.349 e. The van der Waals surface area contributed by atoms with E-state index in [2.05, 4.69) is 5.32 Å². The average molecular weight is 339 g/mol. The van der Waals surface area contributed by atoms with Gasteiger partial charge >= 0.3 is 0 Å². The monoisotopic (exact) mass is 339 g/mol. The summed E-state index contributed by atoms with van der Waals surface area (Å²) in [6.07, 6.45) is 1.41. The van der Waals surface area contributed by atoms with Crippen LogP contribution in [0.4, 0.5) is 0 Å². The maximum absolute atomic E-state index is 12.5. The largest absolute Gasteiger partial charge is 0.349 e. The second-order valence-corrected chi connectivity index (χ2v) is 8.27. The first-order valence-electron chi connectivity index (χ1n) is 7.85. The molecule has 0 radical (unpaired) electrons. The molecule has 1 aromatic rings. The number of benzene rings is 1. The highest BCUT2D eigenvalue weighted by molar-refractivity contribution is 7.86. The molecule has 0 spiro atoms. The second-order valence-electron chi connectivity index (χ2n) is 6.13. The number of carbonyl (C=O) groups excluding carboxylic acids is 1. The van der Waals surface area contributed by atoms with Gasteiger partial charge in [-0.3, -0.25) is 4.79 Å². The number of amides is 1. The summed E-state index contributed by atoms with van der Waals surface area (Å²) in [6, 6.07) is 9.64. The van der Waals surface area contributed by atoms with Gasteiger partial charge in [-0.05, 0) is 25.3 Å². The fraction of sp³-hybridized carbons (Fsp3) is 0.562. The molecule has 7 heteroatoms. The van der Waals surface area contributed by atoms with Crippen LogP contribution in [0, 0.1) is 5.92 Å². The van der Waals surface area contributed by atoms with Crippen molar-refractivity contribution in [2.45, 2.75) is 25.8 Å². The van der Waals surface area contributed by atoms with Gasteiger partial charge in [0.2, 0.25) is 5.91 Å². The summed E-state index contributed by atoms with van der Waals surface area (Å²) in [6.45, 7) is 2.65. The van der Waals surface area contributed by atoms with Crippen molar-refractivity contribution in [1.29, 1.82) is 0 Å². The van der Waals surface area contributed by atoms with E-state index in [0.29, 0.717) is 19.4 Å². The summed E-state index contributed by atoms with van der Waals surface area (Å²) in [5, 5.41) is 2.99. The third-order valence-electron chi connectivity index (χ3n) is 4.20. The molecule has 2 atom stereocenters. The highest BCUT2D eigenvalue weighted by atomic mass is 32.2. The first kappa shape index (κ1) is 17.9. The van der Waals surface area contributed by atoms with E-state index in [0.717, 1.165) is 5.56 Å². The zero-order chi connectivity index (χ0) is 17.0. The summed E-state index contributed by atoms with van der Waals surface area (Å²) in [4.78, 5) is 12.5. The lowest BCUT2D eigenvalue weighted by molar-refractivity contribution is -0.126. The molecule has 0 aromatic heterocycles. The molecule has 128 valence electrons. The van der Waals surface area contributed by atoms with Gasteiger partial charge in [-0.1, -0.05) is 30.3 Å². The van der Waals surface area contributed by atoms with Crippen molar-refractivity contribution in [3.8, 4) is 0 Å². The fourth-order valence-electron chi connectivity index (χ4n) is 2.75. The lowest BCUT2D eigenvalue weighted by Crippen LogP contribution is -2.49. The summed E-state index contributed by atoms with van der Waals surface area (Å²) in [5.74, 6) is -0.385. The zero-order valence-electron chi connectivity index (χ0n) is 13.9. The smallest absolute Gasteiger partial charge is 0.281 e. The van der Waals surface area contributed by atoms with Crippen molar-refractivity contribution >= 4 is 16.1 Å². The maximum Gasteiger partial charge on any atom is 0.281 e. The number of nitrogens with one attached hydrogen (secondary N) is 1. The van der Waals surface area contributed by atoms with Crippen LogP contribution in [-0.4, -0.2) is 50.1 Å². The first-order chi connectivity index (χ1) is 10.8. The van der Waals surface area contributed by atoms with Crippen molar-refractivity contribution in [3.63, 3.8) is 0 Å². The van der Waals surface area contributed by atoms with Crippen LogP contribution in [-0.2, 0) is 15.0 Å². The minimum atomic E-state index is -3.46. The molecule has 0 bridgehead atoms. The van der Waals surface area contributed by atoms with Crippen molar-refractivity contribution in [3.05, 3.63) is 35.9 Å². The van der Waals surface area contributed by atoms with Crippen molar-refractivity contribution in [2.75, 3.05) is 27.2 Å². The van der Waals surface area contributed by atoms with E-state index in [1.807, 2.05) is 37.3 Å². The first-order valence-corrected chi connectivity index (χ1v) is 9.25. The predicted octanol–water partition coefficient (Wildman–Crippen LogP) is 1.38. The average Bonchev–Trinajstić information content (AvgIpc) is 2.55. The molecule has 1 heterocycles. The SMILES string of the molecule is C[C@H](NC(=O)C1CCCN(S(=O)(=O)N(C)C)C1)c1ccccc1. The Hall–Kier alpha value is -1.44. The van der Waals surface area contributed by atoms with Gasteiger partial charge < -0.3 is 5.32 Å². The molecule has 6 nitrogen and oxygen atoms in total. The third kappa shape index (κ3) is 4.31. The molecular formula is C16H25N3O3S. The summed E-state index contributed by atoms with van der Waals surface area (Å²) < 4.78 is 27.0. The van der Waals surface area contributed by atoms with Gasteiger partial charge in [0.1, 0.15) is 0 Å². The quantitative estimate of drug-likeness (QED) is 0.881. The molecule has 1 amide bonds. The summed E-state index contributed by atoms with van der Waals surface area (Å²) >= 11 is 0. The highest BCUT2D eigenvalue weighted by Crippen LogP contribution is 2.21. The predicted molar refractivity (Wildman–Crippen MR) is 89.9 cm³/mol. The Bertz CT molecular complexity index is 631. The van der Waals surface area contributed by atoms with Crippen LogP contribution in [0.1, 0.15) is 31.4 Å². The third-order valence-corrected chi connectivity index (χ3v) is 6.11. The molecule has 1 fully saturated rings. The Morgan fingerprint density at radius 3 is 2.57 bits per heavy atom. The Morgan fingerprint density at radius 2 is 1.96 bits per heavy atom. The molecule has 1 N–H and O–H groups in total. The fourth-order valence-corrected chi connectivity index (χ4v) is 3.94. The van der Waals surface area contributed by atoms with Crippen LogP contribution in [0.3, 0.4) is 0 Å². The van der Waals surface area contributed by atoms with Crippen LogP contribution in [0.25, 0.3) is 0 Å². The van der Waals surface area contributed by atoms with Gasteiger partial charge in [0.25, 0.3) is 10.2 Å². The number of piperidine rings is 1. The standard InChI is InChI=1S/C16H25N3O3S/c1-13(14-8-5-4-6-9-14)17-16(20)15-10-7-11-19(12-15)23(21,22)18(2)3/h4-6,8-9,13,15H,7,10-12H2,1-3H3,(H,17,20)/t13-,15?/m0/s1. The van der Waals surface area contributed by atoms with Gasteiger partial charge in [-0.25, -0.2) is 0 Å². The van der Waals surface area contributed by atoms with Crippen LogP contribution >= 0.6 is 0 Å². The highest BCUT2D eigenvalue weighted by Gasteiger charge is 2.33. The van der Waals surface area contributed by atoms with Crippen molar-refractivity contribution < 1.29 is 13.2 Å². The summed E-state index contributed by atoms with van der Waals surface area (Å²) in [5.41, 5.74) is 1.04. The van der Waals surface area contributed by atoms with E-state index in [4.69, 9.17) is 0 Å². The molecular weight excluding hydrogens is 314 g/mol. The Kier molecular flexibility index (Phi) is 5.78. The van der Waals surface area contributed by atoms with Gasteiger partial charge in [-0.2, -0.15) is 17.0 Å². The van der Waals surface area contributed by atoms with Crippen molar-refractivity contribution in [2.24, 2.45) is 5.92 Å². The molecule has 1 aromatic carbocycles. The molecule has 0 aliphatic carbocycles. The number of hydrogen-bond donors (Lipinski definition) is 1. The van der Waals surface area contributed by atoms with Gasteiger partial charge in [0, 0.05) is 27.2 Å². The Balaban J connectivity index is 2.00. The molecule has 1 unspecified atom stereocenters. The normalized spacial score (nSPS) is 21.1. The maximum atomic E-state index is 12.5. The lowest BCUT2D eigenvalue weighted by atomic mass is 9.98. The second kappa shape index (κ2) is 7.42. The number of hydrogen-bond acceptors (Lipinski definition) is 3. The van der Waals surface area contributed by atoms with Crippen LogP contribution in [0.15, 0.2) is 30.3 Å². The Labute approximate surface area is 138 Å². The molecule has 1 aliphatic rings. The van der Waals surface area contributed by atoms with Gasteiger partial charge in [-0.15, -0.1) is 0 Å². The lowest BCUT2D eigenvalue weighted by Gasteiger charge is -2.33. The number of carbonyl (C=O) groups is 1. The van der Waals surface area contributed by atoms with Crippen LogP contribution in [0.2, 0.25) is 0 Å². The van der Waals surface area contributed by atoms with Gasteiger partial charge in [0.15, 0.2) is 0 Å². The van der Waals surface area contributed by atoms with Gasteiger partial charge in [0.05, 0.1) is 12.0 Å². The topological polar surface area (TPSA) is 69.7 Å². The zero-order valence-corrected chi connectivity index (χ0v) is 14.7. The molecule has 2 rings (SSSR count). The molecule has 1 saturated heterocycles. The van der Waals surface area contributed by atoms with E-state index < -0.39 is 10.2 Å².